The van der Waals surface area contributed by atoms with Gasteiger partial charge in [0.05, 0.1) is 12.8 Å². The first-order valence-electron chi connectivity index (χ1n) is 5.83. The predicted octanol–water partition coefficient (Wildman–Crippen LogP) is 3.51. The van der Waals surface area contributed by atoms with Crippen molar-refractivity contribution in [2.24, 2.45) is 0 Å². The summed E-state index contributed by atoms with van der Waals surface area (Å²) < 4.78 is 32.4. The standard InChI is InChI=1S/C13H12Cl2N2O3S/c1-8-7-11(14)16-13(15)12(8)17-21(18,19)10-6-4-3-5-9(10)20-2/h3-7,17H,1-2H3. The van der Waals surface area contributed by atoms with E-state index in [0.717, 1.165) is 0 Å². The lowest BCUT2D eigenvalue weighted by atomic mass is 10.3. The third kappa shape index (κ3) is 3.40. The van der Waals surface area contributed by atoms with Crippen LogP contribution < -0.4 is 9.46 Å². The predicted molar refractivity (Wildman–Crippen MR) is 82.8 cm³/mol. The molecule has 1 aromatic heterocycles. The fourth-order valence-corrected chi connectivity index (χ4v) is 3.69. The second-order valence-electron chi connectivity index (χ2n) is 4.18. The molecule has 0 fully saturated rings. The van der Waals surface area contributed by atoms with Gasteiger partial charge >= 0.3 is 0 Å². The smallest absolute Gasteiger partial charge is 0.265 e. The van der Waals surface area contributed by atoms with E-state index in [4.69, 9.17) is 27.9 Å². The summed E-state index contributed by atoms with van der Waals surface area (Å²) >= 11 is 11.7. The van der Waals surface area contributed by atoms with Crippen molar-refractivity contribution in [3.63, 3.8) is 0 Å². The number of sulfonamides is 1. The fraction of sp³-hybridized carbons (Fsp3) is 0.154. The number of benzene rings is 1. The zero-order valence-electron chi connectivity index (χ0n) is 11.2. The lowest BCUT2D eigenvalue weighted by molar-refractivity contribution is 0.403. The van der Waals surface area contributed by atoms with Crippen molar-refractivity contribution in [2.45, 2.75) is 11.8 Å². The van der Waals surface area contributed by atoms with E-state index in [0.29, 0.717) is 5.56 Å². The van der Waals surface area contributed by atoms with E-state index < -0.39 is 10.0 Å². The Kier molecular flexibility index (Phi) is 4.61. The van der Waals surface area contributed by atoms with E-state index in [2.05, 4.69) is 9.71 Å². The highest BCUT2D eigenvalue weighted by atomic mass is 35.5. The SMILES string of the molecule is COc1ccccc1S(=O)(=O)Nc1c(C)cc(Cl)nc1Cl. The molecular formula is C13H12Cl2N2O3S. The Morgan fingerprint density at radius 3 is 2.52 bits per heavy atom. The number of halogens is 2. The summed E-state index contributed by atoms with van der Waals surface area (Å²) in [5.74, 6) is 0.237. The van der Waals surface area contributed by atoms with Crippen LogP contribution in [0, 0.1) is 6.92 Å². The molecule has 0 saturated heterocycles. The number of hydrogen-bond donors (Lipinski definition) is 1. The van der Waals surface area contributed by atoms with Crippen molar-refractivity contribution >= 4 is 38.9 Å². The molecule has 0 saturated carbocycles. The van der Waals surface area contributed by atoms with Gasteiger partial charge in [0.25, 0.3) is 10.0 Å². The molecule has 0 atom stereocenters. The maximum Gasteiger partial charge on any atom is 0.265 e. The van der Waals surface area contributed by atoms with Gasteiger partial charge in [0.1, 0.15) is 15.8 Å². The summed E-state index contributed by atoms with van der Waals surface area (Å²) in [5, 5.41) is 0.177. The lowest BCUT2D eigenvalue weighted by Crippen LogP contribution is -2.15. The van der Waals surface area contributed by atoms with Crippen molar-refractivity contribution in [1.29, 1.82) is 0 Å². The van der Waals surface area contributed by atoms with Gasteiger partial charge in [-0.25, -0.2) is 13.4 Å². The highest BCUT2D eigenvalue weighted by molar-refractivity contribution is 7.92. The minimum atomic E-state index is -3.86. The molecule has 2 aromatic rings. The average molecular weight is 347 g/mol. The highest BCUT2D eigenvalue weighted by Gasteiger charge is 2.21. The molecule has 0 amide bonds. The fourth-order valence-electron chi connectivity index (χ4n) is 1.75. The second kappa shape index (κ2) is 6.09. The third-order valence-corrected chi connectivity index (χ3v) is 4.59. The van der Waals surface area contributed by atoms with Crippen LogP contribution in [0.5, 0.6) is 5.75 Å². The molecule has 1 heterocycles. The zero-order valence-corrected chi connectivity index (χ0v) is 13.6. The normalized spacial score (nSPS) is 11.2. The molecule has 5 nitrogen and oxygen atoms in total. The number of anilines is 1. The number of aryl methyl sites for hydroxylation is 1. The van der Waals surface area contributed by atoms with E-state index in [-0.39, 0.29) is 26.6 Å². The molecule has 0 spiro atoms. The zero-order chi connectivity index (χ0) is 15.6. The Labute approximate surface area is 132 Å². The molecule has 0 aliphatic heterocycles. The van der Waals surface area contributed by atoms with E-state index in [9.17, 15) is 8.42 Å². The quantitative estimate of drug-likeness (QED) is 0.860. The molecule has 1 N–H and O–H groups in total. The number of nitrogens with zero attached hydrogens (tertiary/aromatic N) is 1. The molecule has 1 aromatic carbocycles. The number of hydrogen-bond acceptors (Lipinski definition) is 4. The van der Waals surface area contributed by atoms with E-state index in [1.807, 2.05) is 0 Å². The van der Waals surface area contributed by atoms with Crippen LogP contribution in [0.3, 0.4) is 0 Å². The van der Waals surface area contributed by atoms with E-state index >= 15 is 0 Å². The van der Waals surface area contributed by atoms with Gasteiger partial charge in [0.2, 0.25) is 0 Å². The molecule has 0 radical (unpaired) electrons. The Bertz CT molecular complexity index is 756. The molecule has 2 rings (SSSR count). The number of aromatic nitrogens is 1. The number of pyridine rings is 1. The maximum absolute atomic E-state index is 12.5. The maximum atomic E-state index is 12.5. The van der Waals surface area contributed by atoms with Gasteiger partial charge in [0, 0.05) is 0 Å². The summed E-state index contributed by atoms with van der Waals surface area (Å²) in [6.07, 6.45) is 0. The van der Waals surface area contributed by atoms with Gasteiger partial charge in [-0.1, -0.05) is 35.3 Å². The topological polar surface area (TPSA) is 68.3 Å². The van der Waals surface area contributed by atoms with Gasteiger partial charge in [-0.2, -0.15) is 0 Å². The minimum absolute atomic E-state index is 0.0120. The largest absolute Gasteiger partial charge is 0.495 e. The number of para-hydroxylation sites is 1. The first-order valence-corrected chi connectivity index (χ1v) is 8.07. The number of nitrogens with one attached hydrogen (secondary N) is 1. The van der Waals surface area contributed by atoms with Crippen LogP contribution >= 0.6 is 23.2 Å². The van der Waals surface area contributed by atoms with Crippen molar-refractivity contribution in [3.8, 4) is 5.75 Å². The summed E-state index contributed by atoms with van der Waals surface area (Å²) in [4.78, 5) is 3.84. The molecule has 0 bridgehead atoms. The van der Waals surface area contributed by atoms with Crippen LogP contribution in [-0.2, 0) is 10.0 Å². The van der Waals surface area contributed by atoms with Crippen LogP contribution in [0.15, 0.2) is 35.2 Å². The minimum Gasteiger partial charge on any atom is -0.495 e. The van der Waals surface area contributed by atoms with Gasteiger partial charge < -0.3 is 4.74 Å². The Morgan fingerprint density at radius 2 is 1.90 bits per heavy atom. The third-order valence-electron chi connectivity index (χ3n) is 2.74. The number of ether oxygens (including phenoxy) is 1. The van der Waals surface area contributed by atoms with Gasteiger partial charge in [0.15, 0.2) is 5.15 Å². The van der Waals surface area contributed by atoms with Crippen LogP contribution in [0.25, 0.3) is 0 Å². The van der Waals surface area contributed by atoms with E-state index in [1.165, 1.54) is 19.2 Å². The molecule has 21 heavy (non-hydrogen) atoms. The Hall–Kier alpha value is -1.50. The van der Waals surface area contributed by atoms with Gasteiger partial charge in [-0.15, -0.1) is 0 Å². The van der Waals surface area contributed by atoms with Crippen molar-refractivity contribution < 1.29 is 13.2 Å². The molecule has 112 valence electrons. The lowest BCUT2D eigenvalue weighted by Gasteiger charge is -2.14. The van der Waals surface area contributed by atoms with Crippen LogP contribution in [0.2, 0.25) is 10.3 Å². The molecular weight excluding hydrogens is 335 g/mol. The van der Waals surface area contributed by atoms with Crippen LogP contribution in [0.1, 0.15) is 5.56 Å². The van der Waals surface area contributed by atoms with Gasteiger partial charge in [-0.05, 0) is 30.7 Å². The van der Waals surface area contributed by atoms with Crippen molar-refractivity contribution in [1.82, 2.24) is 4.98 Å². The van der Waals surface area contributed by atoms with Gasteiger partial charge in [-0.3, -0.25) is 4.72 Å². The second-order valence-corrected chi connectivity index (χ2v) is 6.58. The summed E-state index contributed by atoms with van der Waals surface area (Å²) in [6, 6.07) is 7.80. The summed E-state index contributed by atoms with van der Waals surface area (Å²) in [6.45, 7) is 1.68. The van der Waals surface area contributed by atoms with Crippen molar-refractivity contribution in [2.75, 3.05) is 11.8 Å². The number of methoxy groups -OCH3 is 1. The first kappa shape index (κ1) is 15.9. The highest BCUT2D eigenvalue weighted by Crippen LogP contribution is 2.31. The van der Waals surface area contributed by atoms with E-state index in [1.54, 1.807) is 25.1 Å². The van der Waals surface area contributed by atoms with Crippen LogP contribution in [0.4, 0.5) is 5.69 Å². The van der Waals surface area contributed by atoms with Crippen LogP contribution in [-0.4, -0.2) is 20.5 Å². The molecule has 0 aliphatic rings. The molecule has 8 heteroatoms. The molecule has 0 unspecified atom stereocenters. The first-order chi connectivity index (χ1) is 9.85. The monoisotopic (exact) mass is 346 g/mol. The average Bonchev–Trinajstić information content (AvgIpc) is 2.43. The number of rotatable bonds is 4. The summed E-state index contributed by atoms with van der Waals surface area (Å²) in [5.41, 5.74) is 0.755. The Morgan fingerprint density at radius 1 is 1.24 bits per heavy atom. The Balaban J connectivity index is 2.48. The van der Waals surface area contributed by atoms with Crippen molar-refractivity contribution in [3.05, 3.63) is 46.2 Å². The molecule has 0 aliphatic carbocycles. The summed E-state index contributed by atoms with van der Waals surface area (Å²) in [7, 11) is -2.46.